The summed E-state index contributed by atoms with van der Waals surface area (Å²) in [6, 6.07) is 0. The van der Waals surface area contributed by atoms with E-state index in [4.69, 9.17) is 5.11 Å². The summed E-state index contributed by atoms with van der Waals surface area (Å²) < 4.78 is 1.83. The average molecular weight is 211 g/mol. The first-order valence-electron chi connectivity index (χ1n) is 4.56. The minimum absolute atomic E-state index is 0.254. The molecule has 82 valence electrons. The molecule has 0 atom stereocenters. The lowest BCUT2D eigenvalue weighted by Gasteiger charge is -2.04. The highest BCUT2D eigenvalue weighted by Crippen LogP contribution is 1.96. The Kier molecular flexibility index (Phi) is 3.84. The molecule has 0 fully saturated rings. The lowest BCUT2D eigenvalue weighted by molar-refractivity contribution is -0.137. The average Bonchev–Trinajstić information content (AvgIpc) is 2.58. The van der Waals surface area contributed by atoms with Gasteiger partial charge in [-0.1, -0.05) is 0 Å². The summed E-state index contributed by atoms with van der Waals surface area (Å²) in [6.07, 6.45) is 3.69. The minimum Gasteiger partial charge on any atom is -0.480 e. The number of nitrogens with zero attached hydrogens (tertiary/aromatic N) is 2. The maximum atomic E-state index is 11.1. The molecule has 0 unspecified atom stereocenters. The Morgan fingerprint density at radius 1 is 1.60 bits per heavy atom. The third kappa shape index (κ3) is 3.80. The summed E-state index contributed by atoms with van der Waals surface area (Å²) in [5.74, 6) is -0.478. The van der Waals surface area contributed by atoms with Crippen LogP contribution in [0.4, 0.5) is 0 Å². The van der Waals surface area contributed by atoms with Gasteiger partial charge in [0.15, 0.2) is 0 Å². The van der Waals surface area contributed by atoms with Crippen LogP contribution in [0.25, 0.3) is 0 Å². The van der Waals surface area contributed by atoms with Crippen LogP contribution in [0.5, 0.6) is 0 Å². The van der Waals surface area contributed by atoms with Crippen LogP contribution in [0.2, 0.25) is 0 Å². The van der Waals surface area contributed by atoms with Crippen molar-refractivity contribution < 1.29 is 14.7 Å². The van der Waals surface area contributed by atoms with Gasteiger partial charge in [0, 0.05) is 25.4 Å². The Balaban J connectivity index is 2.28. The van der Waals surface area contributed by atoms with Crippen LogP contribution in [0.15, 0.2) is 12.4 Å². The number of hydrogen-bond donors (Lipinski definition) is 2. The number of aromatic nitrogens is 2. The fourth-order valence-corrected chi connectivity index (χ4v) is 1.12. The lowest BCUT2D eigenvalue weighted by atomic mass is 10.4. The fourth-order valence-electron chi connectivity index (χ4n) is 1.12. The van der Waals surface area contributed by atoms with Gasteiger partial charge in [0.25, 0.3) is 0 Å². The van der Waals surface area contributed by atoms with Gasteiger partial charge in [0.05, 0.1) is 0 Å². The predicted octanol–water partition coefficient (Wildman–Crippen LogP) is -0.218. The molecular formula is C9H13N3O3. The molecule has 0 saturated heterocycles. The van der Waals surface area contributed by atoms with Crippen molar-refractivity contribution in [1.29, 1.82) is 0 Å². The second-order valence-electron chi connectivity index (χ2n) is 3.09. The van der Waals surface area contributed by atoms with Gasteiger partial charge in [-0.05, 0) is 6.92 Å². The summed E-state index contributed by atoms with van der Waals surface area (Å²) in [7, 11) is 0. The highest BCUT2D eigenvalue weighted by atomic mass is 16.4. The number of carbonyl (C=O) groups excluding carboxylic acids is 1. The van der Waals surface area contributed by atoms with E-state index in [-0.39, 0.29) is 18.9 Å². The van der Waals surface area contributed by atoms with Crippen LogP contribution in [-0.4, -0.2) is 33.1 Å². The molecule has 1 heterocycles. The maximum absolute atomic E-state index is 11.1. The zero-order valence-electron chi connectivity index (χ0n) is 8.43. The third-order valence-electron chi connectivity index (χ3n) is 1.94. The van der Waals surface area contributed by atoms with Gasteiger partial charge in [0.1, 0.15) is 12.4 Å². The molecule has 6 nitrogen and oxygen atoms in total. The zero-order chi connectivity index (χ0) is 11.3. The topological polar surface area (TPSA) is 84.2 Å². The van der Waals surface area contributed by atoms with E-state index in [9.17, 15) is 9.59 Å². The predicted molar refractivity (Wildman–Crippen MR) is 52.2 cm³/mol. The molecule has 0 saturated carbocycles. The van der Waals surface area contributed by atoms with Crippen molar-refractivity contribution in [2.45, 2.75) is 19.9 Å². The van der Waals surface area contributed by atoms with E-state index >= 15 is 0 Å². The zero-order valence-corrected chi connectivity index (χ0v) is 8.43. The molecule has 0 radical (unpaired) electrons. The van der Waals surface area contributed by atoms with Crippen LogP contribution in [0.3, 0.4) is 0 Å². The van der Waals surface area contributed by atoms with Gasteiger partial charge in [-0.25, -0.2) is 4.98 Å². The van der Waals surface area contributed by atoms with Crippen LogP contribution in [-0.2, 0) is 16.1 Å². The van der Waals surface area contributed by atoms with E-state index in [0.717, 1.165) is 5.82 Å². The highest BCUT2D eigenvalue weighted by Gasteiger charge is 2.04. The summed E-state index contributed by atoms with van der Waals surface area (Å²) in [6.45, 7) is 2.02. The van der Waals surface area contributed by atoms with Crippen molar-refractivity contribution in [2.24, 2.45) is 0 Å². The monoisotopic (exact) mass is 211 g/mol. The molecule has 0 aromatic carbocycles. The smallest absolute Gasteiger partial charge is 0.322 e. The normalized spacial score (nSPS) is 9.93. The molecule has 0 aliphatic heterocycles. The number of nitrogens with one attached hydrogen (secondary N) is 1. The Bertz CT molecular complexity index is 359. The molecule has 1 rings (SSSR count). The Morgan fingerprint density at radius 3 is 2.87 bits per heavy atom. The second-order valence-corrected chi connectivity index (χ2v) is 3.09. The number of aryl methyl sites for hydroxylation is 2. The second kappa shape index (κ2) is 5.14. The third-order valence-corrected chi connectivity index (χ3v) is 1.94. The number of aliphatic carboxylic acids is 1. The maximum Gasteiger partial charge on any atom is 0.322 e. The summed E-state index contributed by atoms with van der Waals surface area (Å²) in [5, 5.41) is 10.6. The van der Waals surface area contributed by atoms with E-state index < -0.39 is 5.97 Å². The largest absolute Gasteiger partial charge is 0.480 e. The Morgan fingerprint density at radius 2 is 2.33 bits per heavy atom. The number of imidazole rings is 1. The number of carboxylic acids is 1. The van der Waals surface area contributed by atoms with Gasteiger partial charge in [0.2, 0.25) is 5.91 Å². The molecule has 0 bridgehead atoms. The minimum atomic E-state index is -1.04. The first kappa shape index (κ1) is 11.2. The van der Waals surface area contributed by atoms with Gasteiger partial charge in [-0.15, -0.1) is 0 Å². The first-order valence-corrected chi connectivity index (χ1v) is 4.56. The van der Waals surface area contributed by atoms with Crippen LogP contribution in [0.1, 0.15) is 12.2 Å². The van der Waals surface area contributed by atoms with Gasteiger partial charge < -0.3 is 15.0 Å². The number of amides is 1. The van der Waals surface area contributed by atoms with E-state index in [1.54, 1.807) is 12.4 Å². The van der Waals surface area contributed by atoms with Crippen molar-refractivity contribution in [2.75, 3.05) is 6.54 Å². The number of rotatable bonds is 5. The number of carboxylic acid groups (broad SMARTS) is 1. The molecule has 0 spiro atoms. The fraction of sp³-hybridized carbons (Fsp3) is 0.444. The summed E-state index contributed by atoms with van der Waals surface area (Å²) in [4.78, 5) is 25.3. The van der Waals surface area contributed by atoms with Gasteiger partial charge >= 0.3 is 5.97 Å². The molecule has 6 heteroatoms. The molecule has 0 aliphatic rings. The highest BCUT2D eigenvalue weighted by molar-refractivity contribution is 5.80. The molecule has 0 aliphatic carbocycles. The van der Waals surface area contributed by atoms with Crippen molar-refractivity contribution >= 4 is 11.9 Å². The molecule has 1 amide bonds. The molecule has 1 aromatic heterocycles. The van der Waals surface area contributed by atoms with Crippen molar-refractivity contribution in [1.82, 2.24) is 14.9 Å². The Hall–Kier alpha value is -1.85. The van der Waals surface area contributed by atoms with Crippen LogP contribution in [0, 0.1) is 6.92 Å². The molecule has 15 heavy (non-hydrogen) atoms. The van der Waals surface area contributed by atoms with E-state index in [1.165, 1.54) is 0 Å². The van der Waals surface area contributed by atoms with Crippen molar-refractivity contribution in [3.05, 3.63) is 18.2 Å². The molecule has 2 N–H and O–H groups in total. The SMILES string of the molecule is Cc1nccn1CCC(=O)NCC(=O)O. The van der Waals surface area contributed by atoms with E-state index in [2.05, 4.69) is 10.3 Å². The molecular weight excluding hydrogens is 198 g/mol. The quantitative estimate of drug-likeness (QED) is 0.705. The van der Waals surface area contributed by atoms with E-state index in [1.807, 2.05) is 11.5 Å². The molecule has 1 aromatic rings. The van der Waals surface area contributed by atoms with Crippen molar-refractivity contribution in [3.8, 4) is 0 Å². The van der Waals surface area contributed by atoms with Gasteiger partial charge in [-0.2, -0.15) is 0 Å². The van der Waals surface area contributed by atoms with Crippen LogP contribution >= 0.6 is 0 Å². The standard InChI is InChI=1S/C9H13N3O3/c1-7-10-3-5-12(7)4-2-8(13)11-6-9(14)15/h3,5H,2,4,6H2,1H3,(H,11,13)(H,14,15). The number of hydrogen-bond acceptors (Lipinski definition) is 3. The van der Waals surface area contributed by atoms with Crippen LogP contribution < -0.4 is 5.32 Å². The number of carbonyl (C=O) groups is 2. The summed E-state index contributed by atoms with van der Waals surface area (Å²) >= 11 is 0. The van der Waals surface area contributed by atoms with E-state index in [0.29, 0.717) is 6.54 Å². The lowest BCUT2D eigenvalue weighted by Crippen LogP contribution is -2.29. The Labute approximate surface area is 86.9 Å². The van der Waals surface area contributed by atoms with Crippen molar-refractivity contribution in [3.63, 3.8) is 0 Å². The van der Waals surface area contributed by atoms with Gasteiger partial charge in [-0.3, -0.25) is 9.59 Å². The first-order chi connectivity index (χ1) is 7.09. The summed E-state index contributed by atoms with van der Waals surface area (Å²) in [5.41, 5.74) is 0.